The van der Waals surface area contributed by atoms with E-state index in [0.29, 0.717) is 57.4 Å². The van der Waals surface area contributed by atoms with E-state index in [-0.39, 0.29) is 17.5 Å². The molecule has 1 atom stereocenters. The van der Waals surface area contributed by atoms with Crippen molar-refractivity contribution in [3.05, 3.63) is 79.0 Å². The van der Waals surface area contributed by atoms with Crippen LogP contribution in [0.15, 0.2) is 49.0 Å². The van der Waals surface area contributed by atoms with Gasteiger partial charge in [0.25, 0.3) is 0 Å². The lowest BCUT2D eigenvalue weighted by molar-refractivity contribution is -0.135. The summed E-state index contributed by atoms with van der Waals surface area (Å²) in [6, 6.07) is 6.85. The summed E-state index contributed by atoms with van der Waals surface area (Å²) in [5.41, 5.74) is 3.72. The summed E-state index contributed by atoms with van der Waals surface area (Å²) in [6.45, 7) is 1.86. The highest BCUT2D eigenvalue weighted by molar-refractivity contribution is 5.95. The fourth-order valence-corrected chi connectivity index (χ4v) is 5.27. The van der Waals surface area contributed by atoms with Crippen LogP contribution >= 0.6 is 0 Å². The lowest BCUT2D eigenvalue weighted by Gasteiger charge is -2.27. The molecule has 7 heteroatoms. The van der Waals surface area contributed by atoms with Gasteiger partial charge in [0.1, 0.15) is 22.7 Å². The second-order valence-electron chi connectivity index (χ2n) is 8.62. The highest BCUT2D eigenvalue weighted by Crippen LogP contribution is 2.46. The number of hydrogen-bond donors (Lipinski definition) is 0. The predicted molar refractivity (Wildman–Crippen MR) is 120 cm³/mol. The van der Waals surface area contributed by atoms with Crippen molar-refractivity contribution >= 4 is 27.9 Å². The molecular formula is C26H20O7. The highest BCUT2D eigenvalue weighted by atomic mass is 16.5. The van der Waals surface area contributed by atoms with E-state index in [1.54, 1.807) is 24.3 Å². The maximum absolute atomic E-state index is 13.5. The highest BCUT2D eigenvalue weighted by Gasteiger charge is 2.36. The van der Waals surface area contributed by atoms with E-state index >= 15 is 0 Å². The first-order valence-electron chi connectivity index (χ1n) is 10.9. The van der Waals surface area contributed by atoms with Crippen molar-refractivity contribution in [2.24, 2.45) is 0 Å². The lowest BCUT2D eigenvalue weighted by Crippen LogP contribution is -2.26. The Morgan fingerprint density at radius 3 is 2.67 bits per heavy atom. The van der Waals surface area contributed by atoms with Crippen LogP contribution in [0.3, 0.4) is 0 Å². The van der Waals surface area contributed by atoms with Crippen molar-refractivity contribution in [3.63, 3.8) is 0 Å². The first kappa shape index (κ1) is 19.8. The average molecular weight is 444 g/mol. The first-order chi connectivity index (χ1) is 16.0. The van der Waals surface area contributed by atoms with Gasteiger partial charge in [0.2, 0.25) is 0 Å². The molecule has 7 nitrogen and oxygen atoms in total. The SMILES string of the molecule is COc1ccc2occ([C@H]3CC(=O)Oc4c3c(C)cc3oc(=O)c5c(c43)CCC5)c(=O)c2c1. The Morgan fingerprint density at radius 1 is 1.03 bits per heavy atom. The standard InChI is InChI=1S/C26H20O7/c1-12-8-20-23(14-4-3-5-15(14)26(29)32-20)25-22(12)16(10-21(27)33-25)18-11-31-19-7-6-13(30-2)9-17(19)24(18)28/h6-9,11,16H,3-5,10H2,1-2H3/t16-/m1/s1. The quantitative estimate of drug-likeness (QED) is 0.260. The van der Waals surface area contributed by atoms with Gasteiger partial charge in [0.05, 0.1) is 30.6 Å². The second-order valence-corrected chi connectivity index (χ2v) is 8.62. The van der Waals surface area contributed by atoms with Crippen LogP contribution in [0, 0.1) is 6.92 Å². The summed E-state index contributed by atoms with van der Waals surface area (Å²) in [4.78, 5) is 38.7. The number of esters is 1. The molecule has 0 N–H and O–H groups in total. The number of carbonyl (C=O) groups excluding carboxylic acids is 1. The zero-order chi connectivity index (χ0) is 22.9. The predicted octanol–water partition coefficient (Wildman–Crippen LogP) is 4.15. The summed E-state index contributed by atoms with van der Waals surface area (Å²) in [6.07, 6.45) is 3.65. The third-order valence-electron chi connectivity index (χ3n) is 6.78. The van der Waals surface area contributed by atoms with Gasteiger partial charge in [-0.2, -0.15) is 0 Å². The number of ether oxygens (including phenoxy) is 2. The Morgan fingerprint density at radius 2 is 1.85 bits per heavy atom. The minimum atomic E-state index is -0.540. The van der Waals surface area contributed by atoms with Crippen LogP contribution in [0.1, 0.15) is 46.6 Å². The van der Waals surface area contributed by atoms with E-state index in [4.69, 9.17) is 18.3 Å². The smallest absolute Gasteiger partial charge is 0.339 e. The van der Waals surface area contributed by atoms with Crippen molar-refractivity contribution in [2.75, 3.05) is 7.11 Å². The van der Waals surface area contributed by atoms with Crippen LogP contribution in [0.5, 0.6) is 11.5 Å². The Hall–Kier alpha value is -3.87. The van der Waals surface area contributed by atoms with Crippen molar-refractivity contribution < 1.29 is 23.1 Å². The molecule has 3 heterocycles. The third-order valence-corrected chi connectivity index (χ3v) is 6.78. The fraction of sp³-hybridized carbons (Fsp3) is 0.269. The van der Waals surface area contributed by atoms with Crippen molar-refractivity contribution in [1.82, 2.24) is 0 Å². The summed E-state index contributed by atoms with van der Waals surface area (Å²) in [7, 11) is 1.53. The van der Waals surface area contributed by atoms with Crippen LogP contribution in [0.4, 0.5) is 0 Å². The molecule has 6 rings (SSSR count). The summed E-state index contributed by atoms with van der Waals surface area (Å²) >= 11 is 0. The van der Waals surface area contributed by atoms with Gasteiger partial charge in [-0.25, -0.2) is 4.79 Å². The van der Waals surface area contributed by atoms with Crippen LogP contribution in [-0.4, -0.2) is 13.1 Å². The molecule has 166 valence electrons. The average Bonchev–Trinajstić information content (AvgIpc) is 3.29. The number of hydrogen-bond acceptors (Lipinski definition) is 7. The molecule has 2 aromatic carbocycles. The topological polar surface area (TPSA) is 95.9 Å². The number of benzene rings is 2. The molecule has 0 bridgehead atoms. The fourth-order valence-electron chi connectivity index (χ4n) is 5.27. The largest absolute Gasteiger partial charge is 0.497 e. The number of fused-ring (bicyclic) bond motifs is 6. The summed E-state index contributed by atoms with van der Waals surface area (Å²) in [5, 5.41) is 1.05. The molecule has 0 amide bonds. The van der Waals surface area contributed by atoms with Gasteiger partial charge in [-0.3, -0.25) is 9.59 Å². The molecule has 0 unspecified atom stereocenters. The molecule has 2 aliphatic rings. The summed E-state index contributed by atoms with van der Waals surface area (Å²) < 4.78 is 22.4. The van der Waals surface area contributed by atoms with E-state index in [2.05, 4.69) is 0 Å². The van der Waals surface area contributed by atoms with Crippen LogP contribution < -0.4 is 20.5 Å². The van der Waals surface area contributed by atoms with E-state index in [0.717, 1.165) is 23.1 Å². The van der Waals surface area contributed by atoms with E-state index in [1.807, 2.05) is 6.92 Å². The molecule has 0 spiro atoms. The first-order valence-corrected chi connectivity index (χ1v) is 10.9. The van der Waals surface area contributed by atoms with Gasteiger partial charge in [-0.05, 0) is 61.6 Å². The van der Waals surface area contributed by atoms with Crippen LogP contribution in [0.2, 0.25) is 0 Å². The molecule has 33 heavy (non-hydrogen) atoms. The molecule has 0 fully saturated rings. The van der Waals surface area contributed by atoms with Crippen molar-refractivity contribution in [3.8, 4) is 11.5 Å². The van der Waals surface area contributed by atoms with Gasteiger partial charge in [0.15, 0.2) is 5.43 Å². The molecule has 0 saturated carbocycles. The van der Waals surface area contributed by atoms with E-state index < -0.39 is 11.9 Å². The Labute approximate surface area is 187 Å². The number of rotatable bonds is 2. The monoisotopic (exact) mass is 444 g/mol. The Kier molecular flexibility index (Phi) is 4.24. The number of aryl methyl sites for hydroxylation is 2. The molecule has 1 aliphatic carbocycles. The Bertz CT molecular complexity index is 1610. The second kappa shape index (κ2) is 7.07. The minimum absolute atomic E-state index is 0.0125. The maximum atomic E-state index is 13.5. The molecule has 2 aromatic heterocycles. The molecule has 0 radical (unpaired) electrons. The van der Waals surface area contributed by atoms with Gasteiger partial charge < -0.3 is 18.3 Å². The summed E-state index contributed by atoms with van der Waals surface area (Å²) in [5.74, 6) is -0.0505. The Balaban J connectivity index is 1.65. The zero-order valence-corrected chi connectivity index (χ0v) is 18.2. The molecular weight excluding hydrogens is 424 g/mol. The van der Waals surface area contributed by atoms with Crippen LogP contribution in [0.25, 0.3) is 21.9 Å². The normalized spacial score (nSPS) is 17.2. The number of carbonyl (C=O) groups is 1. The number of methoxy groups -OCH3 is 1. The molecule has 0 saturated heterocycles. The zero-order valence-electron chi connectivity index (χ0n) is 18.2. The molecule has 1 aliphatic heterocycles. The van der Waals surface area contributed by atoms with Gasteiger partial charge in [0, 0.05) is 22.6 Å². The van der Waals surface area contributed by atoms with Crippen molar-refractivity contribution in [1.29, 1.82) is 0 Å². The van der Waals surface area contributed by atoms with Crippen molar-refractivity contribution in [2.45, 2.75) is 38.5 Å². The maximum Gasteiger partial charge on any atom is 0.339 e. The van der Waals surface area contributed by atoms with Gasteiger partial charge in [-0.15, -0.1) is 0 Å². The van der Waals surface area contributed by atoms with E-state index in [1.165, 1.54) is 13.4 Å². The molecule has 4 aromatic rings. The lowest BCUT2D eigenvalue weighted by atomic mass is 9.82. The minimum Gasteiger partial charge on any atom is -0.497 e. The van der Waals surface area contributed by atoms with E-state index in [9.17, 15) is 14.4 Å². The van der Waals surface area contributed by atoms with Gasteiger partial charge >= 0.3 is 11.6 Å². The van der Waals surface area contributed by atoms with Gasteiger partial charge in [-0.1, -0.05) is 0 Å². The third kappa shape index (κ3) is 2.85. The van der Waals surface area contributed by atoms with Crippen LogP contribution in [-0.2, 0) is 17.6 Å².